The molecule has 1 aliphatic rings. The number of nitrogens with zero attached hydrogens (tertiary/aromatic N) is 3. The minimum Gasteiger partial charge on any atom is -0.460 e. The minimum atomic E-state index is -0.161. The summed E-state index contributed by atoms with van der Waals surface area (Å²) in [7, 11) is 0. The number of rotatable bonds is 5. The van der Waals surface area contributed by atoms with Crippen LogP contribution in [-0.2, 0) is 17.6 Å². The molecule has 6 heteroatoms. The predicted octanol–water partition coefficient (Wildman–Crippen LogP) is 1.14. The fourth-order valence-electron chi connectivity index (χ4n) is 2.31. The van der Waals surface area contributed by atoms with E-state index in [9.17, 15) is 0 Å². The first-order chi connectivity index (χ1) is 9.54. The molecule has 112 valence electrons. The molecule has 0 spiro atoms. The maximum absolute atomic E-state index is 5.93. The summed E-state index contributed by atoms with van der Waals surface area (Å²) >= 11 is 0. The molecule has 2 rings (SSSR count). The second-order valence-electron chi connectivity index (χ2n) is 5.64. The standard InChI is InChI=1S/C14H24N4O2/c1-5-11-12(6-2)17-18-13(16-11)19-8-10-7-15-9-14(3,4)20-10/h10,15H,5-9H2,1-4H3. The normalized spacial score (nSPS) is 21.7. The zero-order valence-electron chi connectivity index (χ0n) is 12.8. The molecule has 1 unspecified atom stereocenters. The summed E-state index contributed by atoms with van der Waals surface area (Å²) in [6.07, 6.45) is 1.69. The van der Waals surface area contributed by atoms with E-state index in [4.69, 9.17) is 9.47 Å². The van der Waals surface area contributed by atoms with Crippen molar-refractivity contribution in [2.24, 2.45) is 0 Å². The second kappa shape index (κ2) is 6.45. The number of ether oxygens (including phenoxy) is 2. The van der Waals surface area contributed by atoms with Gasteiger partial charge in [0.2, 0.25) is 0 Å². The Morgan fingerprint density at radius 1 is 1.25 bits per heavy atom. The Kier molecular flexibility index (Phi) is 4.88. The Morgan fingerprint density at radius 2 is 2.00 bits per heavy atom. The lowest BCUT2D eigenvalue weighted by Gasteiger charge is -2.36. The third-order valence-corrected chi connectivity index (χ3v) is 3.30. The SMILES string of the molecule is CCc1nnc(OCC2CNCC(C)(C)O2)nc1CC. The van der Waals surface area contributed by atoms with Crippen LogP contribution in [0.15, 0.2) is 0 Å². The van der Waals surface area contributed by atoms with Gasteiger partial charge in [-0.3, -0.25) is 0 Å². The number of hydrogen-bond donors (Lipinski definition) is 1. The van der Waals surface area contributed by atoms with Crippen molar-refractivity contribution in [1.82, 2.24) is 20.5 Å². The van der Waals surface area contributed by atoms with Gasteiger partial charge in [-0.1, -0.05) is 18.9 Å². The minimum absolute atomic E-state index is 0.0123. The molecule has 0 radical (unpaired) electrons. The molecule has 0 aliphatic carbocycles. The summed E-state index contributed by atoms with van der Waals surface area (Å²) in [5, 5.41) is 11.5. The van der Waals surface area contributed by atoms with Crippen LogP contribution >= 0.6 is 0 Å². The maximum Gasteiger partial charge on any atom is 0.336 e. The number of hydrogen-bond acceptors (Lipinski definition) is 6. The van der Waals surface area contributed by atoms with Crippen LogP contribution in [-0.4, -0.2) is 46.6 Å². The summed E-state index contributed by atoms with van der Waals surface area (Å²) in [5.74, 6) is 0. The number of aryl methyl sites for hydroxylation is 2. The Labute approximate surface area is 120 Å². The topological polar surface area (TPSA) is 69.2 Å². The van der Waals surface area contributed by atoms with Crippen molar-refractivity contribution < 1.29 is 9.47 Å². The van der Waals surface area contributed by atoms with Crippen LogP contribution in [0, 0.1) is 0 Å². The van der Waals surface area contributed by atoms with Gasteiger partial charge >= 0.3 is 6.01 Å². The summed E-state index contributed by atoms with van der Waals surface area (Å²) in [6, 6.07) is 0.339. The van der Waals surface area contributed by atoms with Gasteiger partial charge in [-0.05, 0) is 26.7 Å². The molecule has 1 N–H and O–H groups in total. The fourth-order valence-corrected chi connectivity index (χ4v) is 2.31. The van der Waals surface area contributed by atoms with Gasteiger partial charge in [-0.2, -0.15) is 4.98 Å². The van der Waals surface area contributed by atoms with Gasteiger partial charge in [0.05, 0.1) is 17.0 Å². The van der Waals surface area contributed by atoms with Gasteiger partial charge < -0.3 is 14.8 Å². The number of morpholine rings is 1. The quantitative estimate of drug-likeness (QED) is 0.872. The molecule has 0 amide bonds. The first kappa shape index (κ1) is 15.1. The molecular weight excluding hydrogens is 256 g/mol. The summed E-state index contributed by atoms with van der Waals surface area (Å²) < 4.78 is 11.6. The van der Waals surface area contributed by atoms with Crippen LogP contribution in [0.2, 0.25) is 0 Å². The zero-order chi connectivity index (χ0) is 14.6. The lowest BCUT2D eigenvalue weighted by atomic mass is 10.1. The van der Waals surface area contributed by atoms with Crippen molar-refractivity contribution in [2.75, 3.05) is 19.7 Å². The monoisotopic (exact) mass is 280 g/mol. The summed E-state index contributed by atoms with van der Waals surface area (Å²) in [4.78, 5) is 4.41. The van der Waals surface area contributed by atoms with E-state index in [1.54, 1.807) is 0 Å². The highest BCUT2D eigenvalue weighted by Gasteiger charge is 2.28. The van der Waals surface area contributed by atoms with Gasteiger partial charge in [0.1, 0.15) is 12.7 Å². The Morgan fingerprint density at radius 3 is 2.65 bits per heavy atom. The maximum atomic E-state index is 5.93. The van der Waals surface area contributed by atoms with E-state index in [2.05, 4.69) is 48.2 Å². The molecule has 0 saturated carbocycles. The third-order valence-electron chi connectivity index (χ3n) is 3.30. The molecule has 1 aromatic rings. The van der Waals surface area contributed by atoms with Crippen LogP contribution in [0.5, 0.6) is 6.01 Å². The van der Waals surface area contributed by atoms with E-state index < -0.39 is 0 Å². The molecule has 0 bridgehead atoms. The van der Waals surface area contributed by atoms with Crippen molar-refractivity contribution in [2.45, 2.75) is 52.2 Å². The third kappa shape index (κ3) is 3.86. The van der Waals surface area contributed by atoms with E-state index in [0.717, 1.165) is 37.3 Å². The molecule has 1 atom stereocenters. The van der Waals surface area contributed by atoms with Gasteiger partial charge in [-0.25, -0.2) is 0 Å². The highest BCUT2D eigenvalue weighted by atomic mass is 16.6. The molecule has 2 heterocycles. The van der Waals surface area contributed by atoms with Crippen LogP contribution < -0.4 is 10.1 Å². The molecule has 0 aromatic carbocycles. The van der Waals surface area contributed by atoms with Crippen molar-refractivity contribution in [3.8, 4) is 6.01 Å². The zero-order valence-corrected chi connectivity index (χ0v) is 12.8. The van der Waals surface area contributed by atoms with Crippen molar-refractivity contribution >= 4 is 0 Å². The van der Waals surface area contributed by atoms with E-state index >= 15 is 0 Å². The van der Waals surface area contributed by atoms with Crippen LogP contribution in [0.3, 0.4) is 0 Å². The average Bonchev–Trinajstić information content (AvgIpc) is 2.43. The largest absolute Gasteiger partial charge is 0.460 e. The summed E-state index contributed by atoms with van der Waals surface area (Å²) in [6.45, 7) is 10.3. The highest BCUT2D eigenvalue weighted by Crippen LogP contribution is 2.16. The van der Waals surface area contributed by atoms with Crippen molar-refractivity contribution in [3.63, 3.8) is 0 Å². The Bertz CT molecular complexity index is 451. The fraction of sp³-hybridized carbons (Fsp3) is 0.786. The van der Waals surface area contributed by atoms with Crippen molar-refractivity contribution in [3.05, 3.63) is 11.4 Å². The molecule has 6 nitrogen and oxygen atoms in total. The van der Waals surface area contributed by atoms with Gasteiger partial charge in [0.25, 0.3) is 0 Å². The van der Waals surface area contributed by atoms with Crippen LogP contribution in [0.4, 0.5) is 0 Å². The predicted molar refractivity (Wildman–Crippen MR) is 75.9 cm³/mol. The molecule has 20 heavy (non-hydrogen) atoms. The highest BCUT2D eigenvalue weighted by molar-refractivity contribution is 5.11. The van der Waals surface area contributed by atoms with Crippen LogP contribution in [0.1, 0.15) is 39.1 Å². The molecular formula is C14H24N4O2. The van der Waals surface area contributed by atoms with Gasteiger partial charge in [0, 0.05) is 13.1 Å². The smallest absolute Gasteiger partial charge is 0.336 e. The van der Waals surface area contributed by atoms with Gasteiger partial charge in [0.15, 0.2) is 0 Å². The molecule has 1 aromatic heterocycles. The Balaban J connectivity index is 1.93. The molecule has 1 aliphatic heterocycles. The van der Waals surface area contributed by atoms with E-state index in [1.165, 1.54) is 0 Å². The number of aromatic nitrogens is 3. The lowest BCUT2D eigenvalue weighted by molar-refractivity contribution is -0.107. The van der Waals surface area contributed by atoms with Crippen molar-refractivity contribution in [1.29, 1.82) is 0 Å². The second-order valence-corrected chi connectivity index (χ2v) is 5.64. The number of nitrogens with one attached hydrogen (secondary N) is 1. The van der Waals surface area contributed by atoms with E-state index in [-0.39, 0.29) is 11.7 Å². The Hall–Kier alpha value is -1.27. The first-order valence-corrected chi connectivity index (χ1v) is 7.28. The average molecular weight is 280 g/mol. The van der Waals surface area contributed by atoms with Crippen LogP contribution in [0.25, 0.3) is 0 Å². The first-order valence-electron chi connectivity index (χ1n) is 7.28. The summed E-state index contributed by atoms with van der Waals surface area (Å²) in [5.41, 5.74) is 1.74. The molecule has 1 fully saturated rings. The van der Waals surface area contributed by atoms with E-state index in [0.29, 0.717) is 12.6 Å². The lowest BCUT2D eigenvalue weighted by Crippen LogP contribution is -2.52. The van der Waals surface area contributed by atoms with E-state index in [1.807, 2.05) is 0 Å². The molecule has 1 saturated heterocycles. The van der Waals surface area contributed by atoms with Gasteiger partial charge in [-0.15, -0.1) is 5.10 Å².